The van der Waals surface area contributed by atoms with Gasteiger partial charge in [0, 0.05) is 30.3 Å². The molecule has 6 heteroatoms. The van der Waals surface area contributed by atoms with Crippen molar-refractivity contribution in [3.63, 3.8) is 0 Å². The summed E-state index contributed by atoms with van der Waals surface area (Å²) in [7, 11) is 1.68. The van der Waals surface area contributed by atoms with E-state index < -0.39 is 0 Å². The lowest BCUT2D eigenvalue weighted by molar-refractivity contribution is -0.134. The Kier molecular flexibility index (Phi) is 4.93. The fourth-order valence-corrected chi connectivity index (χ4v) is 4.13. The van der Waals surface area contributed by atoms with Crippen molar-refractivity contribution in [3.8, 4) is 16.9 Å². The molecule has 1 atom stereocenters. The van der Waals surface area contributed by atoms with Crippen LogP contribution in [0.15, 0.2) is 30.5 Å². The van der Waals surface area contributed by atoms with Crippen molar-refractivity contribution in [2.45, 2.75) is 37.6 Å². The number of aromatic nitrogens is 2. The van der Waals surface area contributed by atoms with Gasteiger partial charge in [0.15, 0.2) is 0 Å². The zero-order chi connectivity index (χ0) is 17.9. The largest absolute Gasteiger partial charge is 0.497 e. The van der Waals surface area contributed by atoms with Gasteiger partial charge < -0.3 is 15.0 Å². The SMILES string of the molecule is COc1cccc(-c2cn[nH]c2C2CCN(C(=O)[C@@H]3CCCN3)CC2)c1. The molecular formula is C20H26N4O2. The number of piperidine rings is 1. The highest BCUT2D eigenvalue weighted by atomic mass is 16.5. The summed E-state index contributed by atoms with van der Waals surface area (Å²) in [4.78, 5) is 14.6. The van der Waals surface area contributed by atoms with E-state index in [9.17, 15) is 4.79 Å². The fourth-order valence-electron chi connectivity index (χ4n) is 4.13. The summed E-state index contributed by atoms with van der Waals surface area (Å²) in [6.45, 7) is 2.60. The smallest absolute Gasteiger partial charge is 0.239 e. The molecule has 6 nitrogen and oxygen atoms in total. The Morgan fingerprint density at radius 3 is 2.85 bits per heavy atom. The van der Waals surface area contributed by atoms with Crippen molar-refractivity contribution in [1.82, 2.24) is 20.4 Å². The van der Waals surface area contributed by atoms with Gasteiger partial charge in [-0.25, -0.2) is 0 Å². The summed E-state index contributed by atoms with van der Waals surface area (Å²) >= 11 is 0. The van der Waals surface area contributed by atoms with Gasteiger partial charge in [0.1, 0.15) is 5.75 Å². The van der Waals surface area contributed by atoms with Gasteiger partial charge in [-0.1, -0.05) is 12.1 Å². The summed E-state index contributed by atoms with van der Waals surface area (Å²) in [5.74, 6) is 1.52. The Morgan fingerprint density at radius 1 is 1.27 bits per heavy atom. The predicted molar refractivity (Wildman–Crippen MR) is 100 cm³/mol. The molecule has 2 fully saturated rings. The molecule has 2 saturated heterocycles. The number of carbonyl (C=O) groups excluding carboxylic acids is 1. The highest BCUT2D eigenvalue weighted by molar-refractivity contribution is 5.82. The predicted octanol–water partition coefficient (Wildman–Crippen LogP) is 2.54. The summed E-state index contributed by atoms with van der Waals surface area (Å²) < 4.78 is 5.35. The zero-order valence-corrected chi connectivity index (χ0v) is 15.2. The zero-order valence-electron chi connectivity index (χ0n) is 15.2. The van der Waals surface area contributed by atoms with E-state index in [0.717, 1.165) is 62.2 Å². The molecular weight excluding hydrogens is 328 g/mol. The maximum Gasteiger partial charge on any atom is 0.239 e. The average molecular weight is 354 g/mol. The third kappa shape index (κ3) is 3.33. The number of ether oxygens (including phenoxy) is 1. The molecule has 1 aromatic carbocycles. The monoisotopic (exact) mass is 354 g/mol. The maximum atomic E-state index is 12.6. The average Bonchev–Trinajstić information content (AvgIpc) is 3.39. The molecule has 0 bridgehead atoms. The third-order valence-electron chi connectivity index (χ3n) is 5.62. The molecule has 2 aliphatic heterocycles. The van der Waals surface area contributed by atoms with Gasteiger partial charge in [0.05, 0.1) is 19.3 Å². The first kappa shape index (κ1) is 17.1. The molecule has 2 N–H and O–H groups in total. The van der Waals surface area contributed by atoms with Crippen LogP contribution in [-0.4, -0.2) is 53.8 Å². The number of benzene rings is 1. The second-order valence-electron chi connectivity index (χ2n) is 7.18. The molecule has 138 valence electrons. The number of H-pyrrole nitrogens is 1. The van der Waals surface area contributed by atoms with Gasteiger partial charge >= 0.3 is 0 Å². The van der Waals surface area contributed by atoms with Gasteiger partial charge in [-0.15, -0.1) is 0 Å². The van der Waals surface area contributed by atoms with E-state index in [1.165, 1.54) is 5.69 Å². The van der Waals surface area contributed by atoms with Crippen LogP contribution in [0, 0.1) is 0 Å². The second kappa shape index (κ2) is 7.50. The first-order valence-corrected chi connectivity index (χ1v) is 9.46. The van der Waals surface area contributed by atoms with E-state index >= 15 is 0 Å². The number of nitrogens with one attached hydrogen (secondary N) is 2. The van der Waals surface area contributed by atoms with Crippen LogP contribution in [0.2, 0.25) is 0 Å². The van der Waals surface area contributed by atoms with Crippen molar-refractivity contribution in [2.24, 2.45) is 0 Å². The van der Waals surface area contributed by atoms with E-state index in [2.05, 4.69) is 21.6 Å². The summed E-state index contributed by atoms with van der Waals surface area (Å²) in [5.41, 5.74) is 3.41. The Labute approximate surface area is 153 Å². The van der Waals surface area contributed by atoms with Crippen LogP contribution in [0.1, 0.15) is 37.3 Å². The fraction of sp³-hybridized carbons (Fsp3) is 0.500. The van der Waals surface area contributed by atoms with Crippen LogP contribution in [0.4, 0.5) is 0 Å². The lowest BCUT2D eigenvalue weighted by Gasteiger charge is -2.33. The first-order chi connectivity index (χ1) is 12.8. The number of carbonyl (C=O) groups is 1. The van der Waals surface area contributed by atoms with Crippen LogP contribution in [0.5, 0.6) is 5.75 Å². The molecule has 0 saturated carbocycles. The van der Waals surface area contributed by atoms with E-state index in [0.29, 0.717) is 5.92 Å². The summed E-state index contributed by atoms with van der Waals surface area (Å²) in [6, 6.07) is 8.11. The summed E-state index contributed by atoms with van der Waals surface area (Å²) in [5, 5.41) is 10.8. The molecule has 1 aromatic heterocycles. The molecule has 2 aliphatic rings. The molecule has 0 radical (unpaired) electrons. The number of amides is 1. The lowest BCUT2D eigenvalue weighted by Crippen LogP contribution is -2.46. The van der Waals surface area contributed by atoms with Crippen molar-refractivity contribution in [2.75, 3.05) is 26.7 Å². The van der Waals surface area contributed by atoms with Crippen LogP contribution in [0.3, 0.4) is 0 Å². The van der Waals surface area contributed by atoms with Crippen molar-refractivity contribution in [3.05, 3.63) is 36.2 Å². The highest BCUT2D eigenvalue weighted by Crippen LogP contribution is 2.35. The van der Waals surface area contributed by atoms with E-state index in [4.69, 9.17) is 4.74 Å². The van der Waals surface area contributed by atoms with Crippen molar-refractivity contribution in [1.29, 1.82) is 0 Å². The normalized spacial score (nSPS) is 21.1. The molecule has 26 heavy (non-hydrogen) atoms. The highest BCUT2D eigenvalue weighted by Gasteiger charge is 2.31. The number of aromatic amines is 1. The number of hydrogen-bond acceptors (Lipinski definition) is 4. The first-order valence-electron chi connectivity index (χ1n) is 9.46. The van der Waals surface area contributed by atoms with Crippen LogP contribution < -0.4 is 10.1 Å². The van der Waals surface area contributed by atoms with E-state index in [-0.39, 0.29) is 11.9 Å². The minimum Gasteiger partial charge on any atom is -0.497 e. The Bertz CT molecular complexity index is 759. The molecule has 3 heterocycles. The van der Waals surface area contributed by atoms with Gasteiger partial charge in [-0.2, -0.15) is 5.10 Å². The van der Waals surface area contributed by atoms with Crippen molar-refractivity contribution < 1.29 is 9.53 Å². The van der Waals surface area contributed by atoms with E-state index in [1.807, 2.05) is 29.3 Å². The quantitative estimate of drug-likeness (QED) is 0.885. The van der Waals surface area contributed by atoms with Crippen LogP contribution in [-0.2, 0) is 4.79 Å². The third-order valence-corrected chi connectivity index (χ3v) is 5.62. The maximum absolute atomic E-state index is 12.6. The number of hydrogen-bond donors (Lipinski definition) is 2. The van der Waals surface area contributed by atoms with Crippen LogP contribution in [0.25, 0.3) is 11.1 Å². The van der Waals surface area contributed by atoms with Gasteiger partial charge in [-0.05, 0) is 49.9 Å². The van der Waals surface area contributed by atoms with Gasteiger partial charge in [0.25, 0.3) is 0 Å². The second-order valence-corrected chi connectivity index (χ2v) is 7.18. The standard InChI is InChI=1S/C20H26N4O2/c1-26-16-5-2-4-15(12-16)17-13-22-23-19(17)14-7-10-24(11-8-14)20(25)18-6-3-9-21-18/h2,4-5,12-14,18,21H,3,6-11H2,1H3,(H,22,23)/t18-/m0/s1. The molecule has 2 aromatic rings. The minimum atomic E-state index is 0.0334. The molecule has 0 unspecified atom stereocenters. The molecule has 1 amide bonds. The number of likely N-dealkylation sites (tertiary alicyclic amines) is 1. The molecule has 0 aliphatic carbocycles. The number of methoxy groups -OCH3 is 1. The summed E-state index contributed by atoms with van der Waals surface area (Å²) in [6.07, 6.45) is 5.91. The van der Waals surface area contributed by atoms with Gasteiger partial charge in [-0.3, -0.25) is 9.89 Å². The Hall–Kier alpha value is -2.34. The van der Waals surface area contributed by atoms with Gasteiger partial charge in [0.2, 0.25) is 5.91 Å². The Morgan fingerprint density at radius 2 is 2.12 bits per heavy atom. The van der Waals surface area contributed by atoms with E-state index in [1.54, 1.807) is 7.11 Å². The number of rotatable bonds is 4. The van der Waals surface area contributed by atoms with Crippen LogP contribution >= 0.6 is 0 Å². The topological polar surface area (TPSA) is 70.2 Å². The lowest BCUT2D eigenvalue weighted by atomic mass is 9.89. The minimum absolute atomic E-state index is 0.0334. The molecule has 0 spiro atoms. The molecule has 4 rings (SSSR count). The Balaban J connectivity index is 1.45. The number of nitrogens with zero attached hydrogens (tertiary/aromatic N) is 2. The van der Waals surface area contributed by atoms with Crippen molar-refractivity contribution >= 4 is 5.91 Å².